The third-order valence-electron chi connectivity index (χ3n) is 18.2. The van der Waals surface area contributed by atoms with Gasteiger partial charge in [0.1, 0.15) is 4.90 Å². The van der Waals surface area contributed by atoms with Gasteiger partial charge in [0, 0.05) is 85.7 Å². The maximum atomic E-state index is 14.6. The van der Waals surface area contributed by atoms with Gasteiger partial charge in [0.25, 0.3) is 34.1 Å². The molecule has 5 fully saturated rings. The third kappa shape index (κ3) is 13.5. The summed E-state index contributed by atoms with van der Waals surface area (Å²) in [5.41, 5.74) is -3.34. The number of allylic oxidation sites excluding steroid dienone is 1. The van der Waals surface area contributed by atoms with Gasteiger partial charge in [-0.25, -0.2) is 30.3 Å². The van der Waals surface area contributed by atoms with E-state index >= 15 is 0 Å². The van der Waals surface area contributed by atoms with Crippen LogP contribution in [0, 0.1) is 16.2 Å². The first-order valence-corrected chi connectivity index (χ1v) is 35.2. The highest BCUT2D eigenvalue weighted by Crippen LogP contribution is 2.79. The van der Waals surface area contributed by atoms with Crippen molar-refractivity contribution in [3.8, 4) is 0 Å². The Hall–Kier alpha value is -5.13. The second-order valence-electron chi connectivity index (χ2n) is 25.8. The molecule has 21 heteroatoms. The summed E-state index contributed by atoms with van der Waals surface area (Å²) in [6.45, 7) is 17.1. The Balaban J connectivity index is 0.798. The van der Waals surface area contributed by atoms with Crippen molar-refractivity contribution in [3.05, 3.63) is 150 Å². The number of benzene rings is 5. The fourth-order valence-corrected chi connectivity index (χ4v) is 21.3. The summed E-state index contributed by atoms with van der Waals surface area (Å²) in [5, 5.41) is 5.09. The zero-order valence-corrected chi connectivity index (χ0v) is 52.4. The molecule has 458 valence electrons. The minimum atomic E-state index is -6.15. The standard InChI is InChI=1S/C64H78F5N5O7S3Si/c1-60(2,3)85(53-17-11-7-12-18-53,54-19-13-8-14-20-54)81-41-50-40-72(35-36-80-50)30-28-48(42-82-51-15-9-6-10-16-51)70-56-26-25-52(37-57(56)83(76,77)64(67,68)69)84(78,79)71-58(75)46-21-23-49(24-22-46)74-33-31-73(32-34-74)39-47-27-29-61(4,5)38-55(47)62-43-63(44-62,45-62)59(65)66/h6-26,37,48,50,59,70H,27-36,38-45H2,1-5H3,(H,71,75)/t48-,50-,62?,63?/m1/s1. The molecule has 6 aliphatic rings. The first-order chi connectivity index (χ1) is 40.2. The predicted octanol–water partition coefficient (Wildman–Crippen LogP) is 11.4. The van der Waals surface area contributed by atoms with Gasteiger partial charge < -0.3 is 19.4 Å². The van der Waals surface area contributed by atoms with E-state index in [0.29, 0.717) is 83.4 Å². The number of sulfonamides is 1. The Morgan fingerprint density at radius 1 is 0.800 bits per heavy atom. The van der Waals surface area contributed by atoms with Gasteiger partial charge in [0.2, 0.25) is 6.43 Å². The Bertz CT molecular complexity index is 3360. The Morgan fingerprint density at radius 3 is 2.00 bits per heavy atom. The number of sulfone groups is 1. The van der Waals surface area contributed by atoms with Crippen molar-refractivity contribution in [1.82, 2.24) is 14.5 Å². The first kappa shape index (κ1) is 62.9. The summed E-state index contributed by atoms with van der Waals surface area (Å²) in [4.78, 5) is 19.1. The molecule has 5 aromatic rings. The number of alkyl halides is 5. The normalized spacial score (nSPS) is 22.8. The van der Waals surface area contributed by atoms with Crippen LogP contribution in [0.25, 0.3) is 0 Å². The predicted molar refractivity (Wildman–Crippen MR) is 328 cm³/mol. The molecular formula is C64H78F5N5O7S3Si. The van der Waals surface area contributed by atoms with Crippen LogP contribution in [-0.2, 0) is 29.0 Å². The van der Waals surface area contributed by atoms with E-state index in [4.69, 9.17) is 9.16 Å². The van der Waals surface area contributed by atoms with Crippen molar-refractivity contribution < 1.29 is 52.7 Å². The van der Waals surface area contributed by atoms with Crippen LogP contribution in [0.3, 0.4) is 0 Å². The van der Waals surface area contributed by atoms with Gasteiger partial charge in [0.05, 0.1) is 29.9 Å². The molecule has 2 bridgehead atoms. The molecule has 0 radical (unpaired) electrons. The third-order valence-corrected chi connectivity index (χ3v) is 27.2. The van der Waals surface area contributed by atoms with E-state index < -0.39 is 73.0 Å². The summed E-state index contributed by atoms with van der Waals surface area (Å²) < 4.78 is 142. The Morgan fingerprint density at radius 2 is 1.41 bits per heavy atom. The number of nitrogens with one attached hydrogen (secondary N) is 2. The van der Waals surface area contributed by atoms with E-state index in [1.54, 1.807) is 12.1 Å². The maximum absolute atomic E-state index is 14.6. The number of hydrogen-bond acceptors (Lipinski definition) is 12. The number of rotatable bonds is 22. The summed E-state index contributed by atoms with van der Waals surface area (Å²) in [6, 6.07) is 38.1. The lowest BCUT2D eigenvalue weighted by atomic mass is 9.32. The lowest BCUT2D eigenvalue weighted by Crippen LogP contribution is -2.67. The molecule has 2 aliphatic heterocycles. The molecule has 2 heterocycles. The number of ether oxygens (including phenoxy) is 1. The molecule has 12 nitrogen and oxygen atoms in total. The van der Waals surface area contributed by atoms with E-state index in [9.17, 15) is 43.6 Å². The number of carbonyl (C=O) groups is 1. The number of carbonyl (C=O) groups excluding carboxylic acids is 1. The zero-order chi connectivity index (χ0) is 60.6. The van der Waals surface area contributed by atoms with Gasteiger partial charge in [-0.1, -0.05) is 125 Å². The Labute approximate surface area is 503 Å². The van der Waals surface area contributed by atoms with Gasteiger partial charge in [-0.15, -0.1) is 11.8 Å². The summed E-state index contributed by atoms with van der Waals surface area (Å²) >= 11 is 1.44. The van der Waals surface area contributed by atoms with Crippen molar-refractivity contribution in [3.63, 3.8) is 0 Å². The van der Waals surface area contributed by atoms with Crippen LogP contribution in [0.15, 0.2) is 159 Å². The van der Waals surface area contributed by atoms with Crippen LogP contribution >= 0.6 is 11.8 Å². The Kier molecular flexibility index (Phi) is 18.4. The van der Waals surface area contributed by atoms with E-state index in [0.717, 1.165) is 72.0 Å². The van der Waals surface area contributed by atoms with Crippen molar-refractivity contribution in [2.24, 2.45) is 16.2 Å². The lowest BCUT2D eigenvalue weighted by Gasteiger charge is -2.72. The van der Waals surface area contributed by atoms with Crippen LogP contribution in [0.1, 0.15) is 89.9 Å². The topological polar surface area (TPSA) is 138 Å². The molecule has 0 spiro atoms. The highest BCUT2D eigenvalue weighted by Gasteiger charge is 2.73. The van der Waals surface area contributed by atoms with Crippen molar-refractivity contribution in [2.75, 3.05) is 81.5 Å². The van der Waals surface area contributed by atoms with Gasteiger partial charge in [-0.3, -0.25) is 14.6 Å². The summed E-state index contributed by atoms with van der Waals surface area (Å²) in [5.74, 6) is -0.751. The molecule has 4 aliphatic carbocycles. The number of halogens is 5. The molecule has 3 saturated carbocycles. The number of nitrogens with zero attached hydrogens (tertiary/aromatic N) is 3. The smallest absolute Gasteiger partial charge is 0.405 e. The minimum Gasteiger partial charge on any atom is -0.405 e. The number of hydrogen-bond donors (Lipinski definition) is 2. The van der Waals surface area contributed by atoms with Crippen molar-refractivity contribution in [2.45, 2.75) is 123 Å². The highest BCUT2D eigenvalue weighted by molar-refractivity contribution is 7.99. The molecular weight excluding hydrogens is 1170 g/mol. The molecule has 85 heavy (non-hydrogen) atoms. The molecule has 11 rings (SSSR count). The second-order valence-corrected chi connectivity index (χ2v) is 34.8. The largest absolute Gasteiger partial charge is 0.501 e. The molecule has 2 atom stereocenters. The fraction of sp³-hybridized carbons (Fsp3) is 0.484. The van der Waals surface area contributed by atoms with Gasteiger partial charge in [-0.05, 0) is 126 Å². The van der Waals surface area contributed by atoms with Crippen molar-refractivity contribution >= 4 is 67.6 Å². The number of amides is 1. The fourth-order valence-electron chi connectivity index (χ4n) is 13.7. The summed E-state index contributed by atoms with van der Waals surface area (Å²) in [6.07, 6.45) is 2.55. The number of anilines is 2. The van der Waals surface area contributed by atoms with Crippen LogP contribution < -0.4 is 25.3 Å². The minimum absolute atomic E-state index is 0.0357. The van der Waals surface area contributed by atoms with E-state index in [1.165, 1.54) is 35.0 Å². The van der Waals surface area contributed by atoms with E-state index in [-0.39, 0.29) is 27.5 Å². The molecule has 2 saturated heterocycles. The highest BCUT2D eigenvalue weighted by atomic mass is 32.2. The summed E-state index contributed by atoms with van der Waals surface area (Å²) in [7, 11) is -14.0. The maximum Gasteiger partial charge on any atom is 0.501 e. The molecule has 0 unspecified atom stereocenters. The quantitative estimate of drug-likeness (QED) is 0.0295. The molecule has 1 amide bonds. The average Bonchev–Trinajstić information content (AvgIpc) is 0.837. The molecule has 0 aromatic heterocycles. The van der Waals surface area contributed by atoms with E-state index in [2.05, 4.69) is 78.9 Å². The van der Waals surface area contributed by atoms with E-state index in [1.807, 2.05) is 71.5 Å². The number of morpholine rings is 1. The van der Waals surface area contributed by atoms with Crippen LogP contribution in [0.5, 0.6) is 0 Å². The van der Waals surface area contributed by atoms with Gasteiger partial charge in [-0.2, -0.15) is 13.2 Å². The van der Waals surface area contributed by atoms with Gasteiger partial charge in [0.15, 0.2) is 0 Å². The molecule has 2 N–H and O–H groups in total. The second kappa shape index (κ2) is 24.8. The first-order valence-electron chi connectivity index (χ1n) is 29.3. The van der Waals surface area contributed by atoms with Crippen molar-refractivity contribution in [1.29, 1.82) is 0 Å². The molecule has 5 aromatic carbocycles. The number of thioether (sulfide) groups is 1. The SMILES string of the molecule is CC1(C)CCC(CN2CCN(c3ccc(C(=O)NS(=O)(=O)c4ccc(N[C@H](CCN5CCO[C@@H](CO[Si](c6ccccc6)(c6ccccc6)C(C)(C)C)C5)CSc5ccccc5)c(S(=O)(=O)C(F)(F)F)c4)cc3)CC2)=C(C23CC(C(F)F)(C2)C3)C1. The van der Waals surface area contributed by atoms with Crippen LogP contribution in [0.2, 0.25) is 5.04 Å². The lowest BCUT2D eigenvalue weighted by molar-refractivity contribution is -0.250. The number of piperazine rings is 1. The van der Waals surface area contributed by atoms with Gasteiger partial charge >= 0.3 is 5.51 Å². The van der Waals surface area contributed by atoms with Crippen LogP contribution in [0.4, 0.5) is 33.3 Å². The monoisotopic (exact) mass is 1250 g/mol. The zero-order valence-electron chi connectivity index (χ0n) is 49.0. The average molecular weight is 1250 g/mol. The van der Waals surface area contributed by atoms with Crippen LogP contribution in [-0.4, -0.2) is 136 Å².